The van der Waals surface area contributed by atoms with E-state index in [1.807, 2.05) is 12.1 Å². The van der Waals surface area contributed by atoms with Gasteiger partial charge in [-0.1, -0.05) is 23.7 Å². The molecule has 0 aliphatic rings. The predicted molar refractivity (Wildman–Crippen MR) is 74.7 cm³/mol. The van der Waals surface area contributed by atoms with Gasteiger partial charge in [-0.15, -0.1) is 0 Å². The summed E-state index contributed by atoms with van der Waals surface area (Å²) < 4.78 is 5.29. The van der Waals surface area contributed by atoms with E-state index in [4.69, 9.17) is 16.0 Å². The molecule has 1 aromatic heterocycles. The molecular weight excluding hydrogens is 264 g/mol. The second-order valence-electron chi connectivity index (χ2n) is 4.08. The Morgan fingerprint density at radius 3 is 2.58 bits per heavy atom. The Morgan fingerprint density at radius 1 is 1.32 bits per heavy atom. The van der Waals surface area contributed by atoms with Crippen LogP contribution in [-0.2, 0) is 0 Å². The van der Waals surface area contributed by atoms with Crippen molar-refractivity contribution in [1.82, 2.24) is 5.43 Å². The third-order valence-corrected chi connectivity index (χ3v) is 2.79. The van der Waals surface area contributed by atoms with Gasteiger partial charge in [-0.3, -0.25) is 4.79 Å². The number of halogens is 1. The number of hydrogen-bond acceptors (Lipinski definition) is 3. The van der Waals surface area contributed by atoms with Crippen molar-refractivity contribution in [2.75, 3.05) is 0 Å². The maximum absolute atomic E-state index is 11.8. The Balaban J connectivity index is 2.00. The number of nitrogens with zero attached hydrogens (tertiary/aromatic N) is 1. The second-order valence-corrected chi connectivity index (χ2v) is 4.51. The monoisotopic (exact) mass is 276 g/mol. The zero-order valence-corrected chi connectivity index (χ0v) is 11.4. The van der Waals surface area contributed by atoms with Gasteiger partial charge in [0.15, 0.2) is 0 Å². The zero-order valence-electron chi connectivity index (χ0n) is 10.6. The Hall–Kier alpha value is -2.07. The number of carbonyl (C=O) groups is 1. The van der Waals surface area contributed by atoms with Crippen LogP contribution in [0.1, 0.15) is 27.4 Å². The first kappa shape index (κ1) is 13.4. The molecule has 0 aliphatic carbocycles. The Labute approximate surface area is 116 Å². The minimum atomic E-state index is -0.292. The highest BCUT2D eigenvalue weighted by Gasteiger charge is 2.12. The smallest absolute Gasteiger partial charge is 0.274 e. The summed E-state index contributed by atoms with van der Waals surface area (Å²) in [4.78, 5) is 11.8. The third-order valence-electron chi connectivity index (χ3n) is 2.54. The van der Waals surface area contributed by atoms with E-state index in [9.17, 15) is 4.79 Å². The van der Waals surface area contributed by atoms with Crippen LogP contribution in [0.2, 0.25) is 5.02 Å². The van der Waals surface area contributed by atoms with Gasteiger partial charge in [0.05, 0.1) is 11.8 Å². The molecule has 0 spiro atoms. The van der Waals surface area contributed by atoms with E-state index in [1.54, 1.807) is 38.3 Å². The van der Waals surface area contributed by atoms with Gasteiger partial charge in [0.1, 0.15) is 11.5 Å². The van der Waals surface area contributed by atoms with Gasteiger partial charge < -0.3 is 4.42 Å². The third kappa shape index (κ3) is 3.45. The molecular formula is C14H13ClN2O2. The molecule has 98 valence electrons. The van der Waals surface area contributed by atoms with E-state index in [1.165, 1.54) is 0 Å². The van der Waals surface area contributed by atoms with Gasteiger partial charge in [0.25, 0.3) is 5.91 Å². The molecule has 0 bridgehead atoms. The first-order valence-corrected chi connectivity index (χ1v) is 6.10. The number of benzene rings is 1. The summed E-state index contributed by atoms with van der Waals surface area (Å²) in [6, 6.07) is 8.82. The Kier molecular flexibility index (Phi) is 4.02. The normalized spacial score (nSPS) is 10.9. The average Bonchev–Trinajstić information content (AvgIpc) is 2.71. The van der Waals surface area contributed by atoms with Crippen LogP contribution >= 0.6 is 11.6 Å². The number of aryl methyl sites for hydroxylation is 2. The summed E-state index contributed by atoms with van der Waals surface area (Å²) >= 11 is 5.77. The van der Waals surface area contributed by atoms with Crippen LogP contribution in [0.5, 0.6) is 0 Å². The molecule has 2 aromatic rings. The van der Waals surface area contributed by atoms with Crippen molar-refractivity contribution in [3.63, 3.8) is 0 Å². The standard InChI is InChI=1S/C14H13ClN2O2/c1-9-7-13(10(2)19-9)14(18)17-16-8-11-3-5-12(15)6-4-11/h3-8H,1-2H3,(H,17,18). The number of rotatable bonds is 3. The van der Waals surface area contributed by atoms with Crippen LogP contribution in [0.15, 0.2) is 39.9 Å². The van der Waals surface area contributed by atoms with Gasteiger partial charge in [-0.25, -0.2) is 5.43 Å². The van der Waals surface area contributed by atoms with E-state index in [0.29, 0.717) is 22.1 Å². The van der Waals surface area contributed by atoms with Gasteiger partial charge >= 0.3 is 0 Å². The minimum Gasteiger partial charge on any atom is -0.466 e. The summed E-state index contributed by atoms with van der Waals surface area (Å²) in [6.07, 6.45) is 1.55. The number of amides is 1. The number of nitrogens with one attached hydrogen (secondary N) is 1. The fraction of sp³-hybridized carbons (Fsp3) is 0.143. The van der Waals surface area contributed by atoms with Crippen molar-refractivity contribution in [2.45, 2.75) is 13.8 Å². The highest BCUT2D eigenvalue weighted by atomic mass is 35.5. The van der Waals surface area contributed by atoms with Crippen LogP contribution in [0.4, 0.5) is 0 Å². The van der Waals surface area contributed by atoms with Crippen LogP contribution < -0.4 is 5.43 Å². The maximum atomic E-state index is 11.8. The van der Waals surface area contributed by atoms with Gasteiger partial charge in [0.2, 0.25) is 0 Å². The number of carbonyl (C=O) groups excluding carboxylic acids is 1. The summed E-state index contributed by atoms with van der Waals surface area (Å²) in [5.74, 6) is 0.987. The molecule has 1 heterocycles. The molecule has 1 amide bonds. The van der Waals surface area contributed by atoms with E-state index in [2.05, 4.69) is 10.5 Å². The number of furan rings is 1. The minimum absolute atomic E-state index is 0.292. The average molecular weight is 277 g/mol. The lowest BCUT2D eigenvalue weighted by atomic mass is 10.2. The van der Waals surface area contributed by atoms with E-state index < -0.39 is 0 Å². The lowest BCUT2D eigenvalue weighted by molar-refractivity contribution is 0.0953. The highest BCUT2D eigenvalue weighted by Crippen LogP contribution is 2.13. The summed E-state index contributed by atoms with van der Waals surface area (Å²) in [5, 5.41) is 4.55. The van der Waals surface area contributed by atoms with E-state index >= 15 is 0 Å². The van der Waals surface area contributed by atoms with Crippen LogP contribution in [0.25, 0.3) is 0 Å². The number of hydrogen-bond donors (Lipinski definition) is 1. The molecule has 0 radical (unpaired) electrons. The molecule has 5 heteroatoms. The molecule has 0 aliphatic heterocycles. The van der Waals surface area contributed by atoms with Crippen LogP contribution in [-0.4, -0.2) is 12.1 Å². The fourth-order valence-corrected chi connectivity index (χ4v) is 1.76. The van der Waals surface area contributed by atoms with Crippen molar-refractivity contribution >= 4 is 23.7 Å². The lowest BCUT2D eigenvalue weighted by Crippen LogP contribution is -2.17. The first-order valence-electron chi connectivity index (χ1n) is 5.72. The van der Waals surface area contributed by atoms with Crippen LogP contribution in [0, 0.1) is 13.8 Å². The SMILES string of the molecule is Cc1cc(C(=O)NN=Cc2ccc(Cl)cc2)c(C)o1. The zero-order chi connectivity index (χ0) is 13.8. The topological polar surface area (TPSA) is 54.6 Å². The highest BCUT2D eigenvalue weighted by molar-refractivity contribution is 6.30. The molecule has 0 saturated carbocycles. The summed E-state index contributed by atoms with van der Waals surface area (Å²) in [5.41, 5.74) is 3.80. The van der Waals surface area contributed by atoms with E-state index in [0.717, 1.165) is 5.56 Å². The molecule has 4 nitrogen and oxygen atoms in total. The van der Waals surface area contributed by atoms with Gasteiger partial charge in [0, 0.05) is 5.02 Å². The Bertz CT molecular complexity index is 615. The lowest BCUT2D eigenvalue weighted by Gasteiger charge is -1.97. The molecule has 1 aromatic carbocycles. The largest absolute Gasteiger partial charge is 0.466 e. The summed E-state index contributed by atoms with van der Waals surface area (Å²) in [6.45, 7) is 3.53. The second kappa shape index (κ2) is 5.71. The fourth-order valence-electron chi connectivity index (χ4n) is 1.63. The van der Waals surface area contributed by atoms with Crippen molar-refractivity contribution < 1.29 is 9.21 Å². The van der Waals surface area contributed by atoms with Gasteiger partial charge in [-0.2, -0.15) is 5.10 Å². The molecule has 0 atom stereocenters. The van der Waals surface area contributed by atoms with Crippen molar-refractivity contribution in [3.8, 4) is 0 Å². The molecule has 1 N–H and O–H groups in total. The Morgan fingerprint density at radius 2 is 2.00 bits per heavy atom. The van der Waals surface area contributed by atoms with Crippen LogP contribution in [0.3, 0.4) is 0 Å². The van der Waals surface area contributed by atoms with Crippen molar-refractivity contribution in [1.29, 1.82) is 0 Å². The summed E-state index contributed by atoms with van der Waals surface area (Å²) in [7, 11) is 0. The number of hydrazone groups is 1. The molecule has 0 saturated heterocycles. The molecule has 0 fully saturated rings. The molecule has 19 heavy (non-hydrogen) atoms. The van der Waals surface area contributed by atoms with Crippen molar-refractivity contribution in [3.05, 3.63) is 58.0 Å². The maximum Gasteiger partial charge on any atom is 0.274 e. The predicted octanol–water partition coefficient (Wildman–Crippen LogP) is 3.31. The molecule has 0 unspecified atom stereocenters. The van der Waals surface area contributed by atoms with Crippen molar-refractivity contribution in [2.24, 2.45) is 5.10 Å². The van der Waals surface area contributed by atoms with Gasteiger partial charge in [-0.05, 0) is 37.6 Å². The molecule has 2 rings (SSSR count). The quantitative estimate of drug-likeness (QED) is 0.691. The first-order chi connectivity index (χ1) is 9.06. The van der Waals surface area contributed by atoms with E-state index in [-0.39, 0.29) is 5.91 Å².